The Labute approximate surface area is 175 Å². The van der Waals surface area contributed by atoms with E-state index in [1.807, 2.05) is 41.9 Å². The Morgan fingerprint density at radius 3 is 2.57 bits per heavy atom. The number of nitrogens with one attached hydrogen (secondary N) is 1. The van der Waals surface area contributed by atoms with Crippen molar-refractivity contribution in [1.82, 2.24) is 9.78 Å². The van der Waals surface area contributed by atoms with Gasteiger partial charge in [-0.1, -0.05) is 24.3 Å². The number of benzene rings is 2. The highest BCUT2D eigenvalue weighted by Gasteiger charge is 2.29. The molecule has 1 amide bonds. The predicted octanol–water partition coefficient (Wildman–Crippen LogP) is 4.66. The average molecular weight is 404 g/mol. The van der Waals surface area contributed by atoms with E-state index in [2.05, 4.69) is 15.3 Å². The number of hydrogen-bond acceptors (Lipinski definition) is 3. The normalized spacial score (nSPS) is 15.5. The number of amides is 1. The summed E-state index contributed by atoms with van der Waals surface area (Å²) in [5.41, 5.74) is 5.56. The lowest BCUT2D eigenvalue weighted by molar-refractivity contribution is 0.102. The van der Waals surface area contributed by atoms with E-state index in [0.717, 1.165) is 73.4 Å². The van der Waals surface area contributed by atoms with E-state index in [9.17, 15) is 9.18 Å². The number of carbonyl (C=O) groups excluding carboxylic acids is 1. The van der Waals surface area contributed by atoms with Gasteiger partial charge >= 0.3 is 0 Å². The van der Waals surface area contributed by atoms with Gasteiger partial charge in [0.25, 0.3) is 5.91 Å². The highest BCUT2D eigenvalue weighted by atomic mass is 19.1. The number of halogens is 1. The van der Waals surface area contributed by atoms with Crippen molar-refractivity contribution in [2.24, 2.45) is 0 Å². The van der Waals surface area contributed by atoms with Crippen LogP contribution >= 0.6 is 0 Å². The molecule has 0 radical (unpaired) electrons. The van der Waals surface area contributed by atoms with Crippen molar-refractivity contribution in [2.75, 3.05) is 23.3 Å². The van der Waals surface area contributed by atoms with Gasteiger partial charge in [-0.05, 0) is 62.8 Å². The molecular weight excluding hydrogens is 379 g/mol. The molecule has 2 aromatic carbocycles. The topological polar surface area (TPSA) is 50.2 Å². The molecule has 5 rings (SSSR count). The fourth-order valence-corrected chi connectivity index (χ4v) is 4.65. The van der Waals surface area contributed by atoms with Crippen molar-refractivity contribution in [3.8, 4) is 5.69 Å². The third kappa shape index (κ3) is 3.16. The molecular formula is C24H25FN4O. The van der Waals surface area contributed by atoms with Crippen LogP contribution < -0.4 is 10.2 Å². The number of hydrogen-bond donors (Lipinski definition) is 1. The van der Waals surface area contributed by atoms with Gasteiger partial charge in [-0.15, -0.1) is 0 Å². The molecule has 0 atom stereocenters. The van der Waals surface area contributed by atoms with Crippen molar-refractivity contribution >= 4 is 17.3 Å². The minimum atomic E-state index is -0.414. The van der Waals surface area contributed by atoms with Gasteiger partial charge in [0.1, 0.15) is 11.5 Å². The molecule has 1 saturated heterocycles. The number of aromatic nitrogens is 2. The zero-order valence-corrected chi connectivity index (χ0v) is 17.1. The first-order chi connectivity index (χ1) is 14.6. The Balaban J connectivity index is 1.52. The van der Waals surface area contributed by atoms with Crippen LogP contribution in [0.25, 0.3) is 5.69 Å². The lowest BCUT2D eigenvalue weighted by atomic mass is 10.1. The molecule has 2 aliphatic rings. The summed E-state index contributed by atoms with van der Waals surface area (Å²) < 4.78 is 16.6. The van der Waals surface area contributed by atoms with Crippen LogP contribution in [0.4, 0.5) is 15.8 Å². The summed E-state index contributed by atoms with van der Waals surface area (Å²) >= 11 is 0. The molecule has 1 aliphatic heterocycles. The Kier molecular flexibility index (Phi) is 4.77. The van der Waals surface area contributed by atoms with E-state index in [0.29, 0.717) is 5.69 Å². The van der Waals surface area contributed by atoms with Gasteiger partial charge in [0, 0.05) is 24.3 Å². The quantitative estimate of drug-likeness (QED) is 0.688. The molecule has 0 saturated carbocycles. The van der Waals surface area contributed by atoms with E-state index in [1.165, 1.54) is 6.07 Å². The maximum atomic E-state index is 14.7. The Morgan fingerprint density at radius 1 is 1.00 bits per heavy atom. The third-order valence-corrected chi connectivity index (χ3v) is 6.17. The molecule has 1 N–H and O–H groups in total. The number of fused-ring (bicyclic) bond motifs is 1. The van der Waals surface area contributed by atoms with Gasteiger partial charge in [-0.3, -0.25) is 4.79 Å². The van der Waals surface area contributed by atoms with Crippen molar-refractivity contribution in [2.45, 2.75) is 39.0 Å². The van der Waals surface area contributed by atoms with Crippen molar-refractivity contribution in [1.29, 1.82) is 0 Å². The summed E-state index contributed by atoms with van der Waals surface area (Å²) in [6.45, 7) is 3.80. The summed E-state index contributed by atoms with van der Waals surface area (Å²) in [6.07, 6.45) is 4.87. The van der Waals surface area contributed by atoms with Gasteiger partial charge < -0.3 is 10.2 Å². The zero-order valence-electron chi connectivity index (χ0n) is 17.1. The highest BCUT2D eigenvalue weighted by molar-refractivity contribution is 6.06. The van der Waals surface area contributed by atoms with Crippen LogP contribution in [-0.4, -0.2) is 28.8 Å². The summed E-state index contributed by atoms with van der Waals surface area (Å²) in [6, 6.07) is 13.0. The molecule has 1 fully saturated rings. The number of nitrogens with zero attached hydrogens (tertiary/aromatic N) is 3. The minimum absolute atomic E-state index is 0.251. The maximum Gasteiger partial charge on any atom is 0.276 e. The molecule has 5 nitrogen and oxygen atoms in total. The maximum absolute atomic E-state index is 14.7. The summed E-state index contributed by atoms with van der Waals surface area (Å²) in [4.78, 5) is 15.4. The SMILES string of the molecule is Cc1ccccc1-n1nc(C(=O)Nc2c(F)cccc2N2CCCC2)c2c1CCC2. The van der Waals surface area contributed by atoms with Crippen molar-refractivity contribution in [3.63, 3.8) is 0 Å². The molecule has 30 heavy (non-hydrogen) atoms. The number of carbonyl (C=O) groups is 1. The van der Waals surface area contributed by atoms with Gasteiger partial charge in [0.15, 0.2) is 5.69 Å². The molecule has 0 unspecified atom stereocenters. The zero-order chi connectivity index (χ0) is 20.7. The van der Waals surface area contributed by atoms with Gasteiger partial charge in [0.2, 0.25) is 0 Å². The fraction of sp³-hybridized carbons (Fsp3) is 0.333. The lowest BCUT2D eigenvalue weighted by Gasteiger charge is -2.21. The molecule has 6 heteroatoms. The Morgan fingerprint density at radius 2 is 1.77 bits per heavy atom. The van der Waals surface area contributed by atoms with Crippen LogP contribution in [0, 0.1) is 12.7 Å². The first-order valence-corrected chi connectivity index (χ1v) is 10.6. The Hall–Kier alpha value is -3.15. The van der Waals surface area contributed by atoms with Gasteiger partial charge in [-0.25, -0.2) is 9.07 Å². The molecule has 1 aromatic heterocycles. The lowest BCUT2D eigenvalue weighted by Crippen LogP contribution is -2.22. The smallest absolute Gasteiger partial charge is 0.276 e. The molecule has 154 valence electrons. The predicted molar refractivity (Wildman–Crippen MR) is 116 cm³/mol. The monoisotopic (exact) mass is 404 g/mol. The van der Waals surface area contributed by atoms with E-state index < -0.39 is 5.82 Å². The van der Waals surface area contributed by atoms with Crippen LogP contribution in [0.15, 0.2) is 42.5 Å². The second kappa shape index (κ2) is 7.59. The second-order valence-corrected chi connectivity index (χ2v) is 8.11. The minimum Gasteiger partial charge on any atom is -0.370 e. The van der Waals surface area contributed by atoms with E-state index >= 15 is 0 Å². The molecule has 1 aliphatic carbocycles. The van der Waals surface area contributed by atoms with Crippen molar-refractivity contribution < 1.29 is 9.18 Å². The fourth-order valence-electron chi connectivity index (χ4n) is 4.65. The molecule has 0 spiro atoms. The third-order valence-electron chi connectivity index (χ3n) is 6.17. The van der Waals surface area contributed by atoms with Crippen LogP contribution in [0.3, 0.4) is 0 Å². The first-order valence-electron chi connectivity index (χ1n) is 10.6. The summed E-state index contributed by atoms with van der Waals surface area (Å²) in [5.74, 6) is -0.756. The number of rotatable bonds is 4. The van der Waals surface area contributed by atoms with E-state index in [4.69, 9.17) is 0 Å². The average Bonchev–Trinajstić information content (AvgIpc) is 3.48. The van der Waals surface area contributed by atoms with Crippen LogP contribution in [0.2, 0.25) is 0 Å². The molecule has 2 heterocycles. The van der Waals surface area contributed by atoms with Crippen molar-refractivity contribution in [3.05, 3.63) is 70.8 Å². The van der Waals surface area contributed by atoms with Crippen LogP contribution in [0.1, 0.15) is 46.6 Å². The molecule has 3 aromatic rings. The number of para-hydroxylation sites is 2. The second-order valence-electron chi connectivity index (χ2n) is 8.11. The Bertz CT molecular complexity index is 1110. The molecule has 0 bridgehead atoms. The van der Waals surface area contributed by atoms with E-state index in [1.54, 1.807) is 6.07 Å². The van der Waals surface area contributed by atoms with Gasteiger partial charge in [0.05, 0.1) is 11.4 Å². The number of anilines is 2. The number of aryl methyl sites for hydroxylation is 1. The summed E-state index contributed by atoms with van der Waals surface area (Å²) in [7, 11) is 0. The van der Waals surface area contributed by atoms with Crippen LogP contribution in [-0.2, 0) is 12.8 Å². The standard InChI is InChI=1S/C24H25FN4O/c1-16-8-2-3-11-19(16)29-20-12-6-9-17(20)22(27-29)24(30)26-23-18(25)10-7-13-21(23)28-14-4-5-15-28/h2-3,7-8,10-11,13H,4-6,9,12,14-15H2,1H3,(H,26,30). The van der Waals surface area contributed by atoms with E-state index in [-0.39, 0.29) is 11.6 Å². The summed E-state index contributed by atoms with van der Waals surface area (Å²) in [5, 5.41) is 7.53. The first kappa shape index (κ1) is 18.9. The highest BCUT2D eigenvalue weighted by Crippen LogP contribution is 2.33. The van der Waals surface area contributed by atoms with Crippen LogP contribution in [0.5, 0.6) is 0 Å². The van der Waals surface area contributed by atoms with Gasteiger partial charge in [-0.2, -0.15) is 5.10 Å². The largest absolute Gasteiger partial charge is 0.370 e.